The van der Waals surface area contributed by atoms with Crippen LogP contribution in [0.3, 0.4) is 0 Å². The fraction of sp³-hybridized carbons (Fsp3) is 0.333. The number of rotatable bonds is 1. The minimum Gasteiger partial charge on any atom is -0.165 e. The van der Waals surface area contributed by atoms with E-state index in [0.29, 0.717) is 16.2 Å². The van der Waals surface area contributed by atoms with E-state index in [1.165, 1.54) is 6.07 Å². The normalized spacial score (nSPS) is 13.8. The lowest BCUT2D eigenvalue weighted by Crippen LogP contribution is -2.00. The van der Waals surface area contributed by atoms with Crippen molar-refractivity contribution in [1.29, 1.82) is 0 Å². The highest BCUT2D eigenvalue weighted by Crippen LogP contribution is 2.36. The monoisotopic (exact) mass is 204 g/mol. The van der Waals surface area contributed by atoms with Gasteiger partial charge in [0.15, 0.2) is 0 Å². The zero-order chi connectivity index (χ0) is 10.1. The molecule has 0 radical (unpaired) electrons. The van der Waals surface area contributed by atoms with E-state index in [0.717, 1.165) is 6.07 Å². The van der Waals surface area contributed by atoms with E-state index in [9.17, 15) is 13.2 Å². The highest BCUT2D eigenvalue weighted by atomic mass is 32.1. The first-order valence-electron chi connectivity index (χ1n) is 3.58. The van der Waals surface area contributed by atoms with Crippen molar-refractivity contribution in [2.45, 2.75) is 19.0 Å². The zero-order valence-electron chi connectivity index (χ0n) is 6.85. The van der Waals surface area contributed by atoms with Gasteiger partial charge in [0.2, 0.25) is 0 Å². The second kappa shape index (κ2) is 3.43. The molecule has 0 aliphatic carbocycles. The molecular formula is C9H7F3S. The average molecular weight is 204 g/mol. The maximum atomic E-state index is 12.1. The molecule has 0 amide bonds. The standard InChI is InChI=1S/C9H7F3S/c1-3-6(2)7-4-5-8(13-7)9(10,11)12/h1,4-6H,2H3. The molecule has 0 fully saturated rings. The number of hydrogen-bond acceptors (Lipinski definition) is 1. The van der Waals surface area contributed by atoms with Crippen molar-refractivity contribution < 1.29 is 13.2 Å². The highest BCUT2D eigenvalue weighted by molar-refractivity contribution is 7.12. The third kappa shape index (κ3) is 2.25. The van der Waals surface area contributed by atoms with E-state index in [1.807, 2.05) is 0 Å². The fourth-order valence-corrected chi connectivity index (χ4v) is 1.71. The smallest absolute Gasteiger partial charge is 0.165 e. The van der Waals surface area contributed by atoms with Crippen LogP contribution in [0.1, 0.15) is 22.6 Å². The van der Waals surface area contributed by atoms with E-state index in [1.54, 1.807) is 6.92 Å². The van der Waals surface area contributed by atoms with Gasteiger partial charge in [-0.15, -0.1) is 17.8 Å². The molecule has 0 aromatic carbocycles. The van der Waals surface area contributed by atoms with Gasteiger partial charge in [0.05, 0.1) is 5.92 Å². The van der Waals surface area contributed by atoms with Gasteiger partial charge in [-0.2, -0.15) is 13.2 Å². The SMILES string of the molecule is C#CC(C)c1ccc(C(F)(F)F)s1. The molecule has 0 bridgehead atoms. The first-order valence-corrected chi connectivity index (χ1v) is 4.40. The summed E-state index contributed by atoms with van der Waals surface area (Å²) in [5.74, 6) is 2.14. The zero-order valence-corrected chi connectivity index (χ0v) is 7.67. The van der Waals surface area contributed by atoms with E-state index in [2.05, 4.69) is 5.92 Å². The highest BCUT2D eigenvalue weighted by Gasteiger charge is 2.32. The summed E-state index contributed by atoms with van der Waals surface area (Å²) in [6.07, 6.45) is 0.845. The molecule has 1 atom stereocenters. The van der Waals surface area contributed by atoms with Crippen LogP contribution < -0.4 is 0 Å². The van der Waals surface area contributed by atoms with Gasteiger partial charge in [-0.1, -0.05) is 5.92 Å². The van der Waals surface area contributed by atoms with Crippen LogP contribution in [0, 0.1) is 12.3 Å². The second-order valence-electron chi connectivity index (χ2n) is 2.59. The predicted molar refractivity (Wildman–Crippen MR) is 46.6 cm³/mol. The molecule has 0 saturated carbocycles. The molecule has 1 heterocycles. The van der Waals surface area contributed by atoms with Gasteiger partial charge in [-0.3, -0.25) is 0 Å². The minimum absolute atomic E-state index is 0.249. The molecule has 1 rings (SSSR count). The van der Waals surface area contributed by atoms with Crippen molar-refractivity contribution in [3.8, 4) is 12.3 Å². The summed E-state index contributed by atoms with van der Waals surface area (Å²) in [7, 11) is 0. The van der Waals surface area contributed by atoms with Crippen molar-refractivity contribution in [2.24, 2.45) is 0 Å². The molecule has 1 aromatic heterocycles. The Bertz CT molecular complexity index is 329. The molecule has 0 saturated heterocycles. The second-order valence-corrected chi connectivity index (χ2v) is 3.70. The average Bonchev–Trinajstić information content (AvgIpc) is 2.50. The van der Waals surface area contributed by atoms with E-state index in [-0.39, 0.29) is 5.92 Å². The van der Waals surface area contributed by atoms with Gasteiger partial charge in [-0.25, -0.2) is 0 Å². The van der Waals surface area contributed by atoms with Gasteiger partial charge >= 0.3 is 6.18 Å². The Morgan fingerprint density at radius 1 is 1.46 bits per heavy atom. The van der Waals surface area contributed by atoms with Crippen LogP contribution in [0.15, 0.2) is 12.1 Å². The molecular weight excluding hydrogens is 197 g/mol. The van der Waals surface area contributed by atoms with Crippen molar-refractivity contribution >= 4 is 11.3 Å². The molecule has 13 heavy (non-hydrogen) atoms. The molecule has 0 N–H and O–H groups in total. The molecule has 0 nitrogen and oxygen atoms in total. The van der Waals surface area contributed by atoms with Crippen molar-refractivity contribution in [1.82, 2.24) is 0 Å². The Morgan fingerprint density at radius 2 is 2.08 bits per heavy atom. The summed E-state index contributed by atoms with van der Waals surface area (Å²) >= 11 is 0.705. The summed E-state index contributed by atoms with van der Waals surface area (Å²) in [6.45, 7) is 1.70. The third-order valence-electron chi connectivity index (χ3n) is 1.58. The minimum atomic E-state index is -4.25. The Balaban J connectivity index is 2.95. The van der Waals surface area contributed by atoms with Crippen LogP contribution in [-0.2, 0) is 6.18 Å². The number of terminal acetylenes is 1. The van der Waals surface area contributed by atoms with Crippen LogP contribution in [0.25, 0.3) is 0 Å². The Hall–Kier alpha value is -0.950. The summed E-state index contributed by atoms with van der Waals surface area (Å²) in [4.78, 5) is -0.0144. The van der Waals surface area contributed by atoms with Gasteiger partial charge in [0.25, 0.3) is 0 Å². The van der Waals surface area contributed by atoms with Gasteiger partial charge in [0.1, 0.15) is 4.88 Å². The van der Waals surface area contributed by atoms with Crippen molar-refractivity contribution in [2.75, 3.05) is 0 Å². The van der Waals surface area contributed by atoms with Crippen LogP contribution in [0.5, 0.6) is 0 Å². The molecule has 0 spiro atoms. The topological polar surface area (TPSA) is 0 Å². The Morgan fingerprint density at radius 3 is 2.46 bits per heavy atom. The van der Waals surface area contributed by atoms with Crippen molar-refractivity contribution in [3.05, 3.63) is 21.9 Å². The number of alkyl halides is 3. The maximum absolute atomic E-state index is 12.1. The van der Waals surface area contributed by atoms with Crippen LogP contribution in [-0.4, -0.2) is 0 Å². The van der Waals surface area contributed by atoms with E-state index < -0.39 is 11.1 Å². The summed E-state index contributed by atoms with van der Waals surface area (Å²) in [5, 5.41) is 0. The molecule has 0 aliphatic heterocycles. The number of thiophene rings is 1. The first-order chi connectivity index (χ1) is 5.95. The van der Waals surface area contributed by atoms with Crippen LogP contribution in [0.2, 0.25) is 0 Å². The quantitative estimate of drug-likeness (QED) is 0.614. The predicted octanol–water partition coefficient (Wildman–Crippen LogP) is 3.50. The Labute approximate surface area is 78.4 Å². The first kappa shape index (κ1) is 10.1. The lowest BCUT2D eigenvalue weighted by molar-refractivity contribution is -0.134. The van der Waals surface area contributed by atoms with Gasteiger partial charge < -0.3 is 0 Å². The molecule has 0 aliphatic rings. The van der Waals surface area contributed by atoms with Crippen LogP contribution in [0.4, 0.5) is 13.2 Å². The maximum Gasteiger partial charge on any atom is 0.425 e. The lowest BCUT2D eigenvalue weighted by Gasteiger charge is -2.01. The number of halogens is 3. The largest absolute Gasteiger partial charge is 0.425 e. The summed E-state index contributed by atoms with van der Waals surface area (Å²) in [5.41, 5.74) is 0. The van der Waals surface area contributed by atoms with Gasteiger partial charge in [-0.05, 0) is 19.1 Å². The molecule has 4 heteroatoms. The fourth-order valence-electron chi connectivity index (χ4n) is 0.820. The summed E-state index contributed by atoms with van der Waals surface area (Å²) < 4.78 is 36.4. The summed E-state index contributed by atoms with van der Waals surface area (Å²) in [6, 6.07) is 2.49. The molecule has 70 valence electrons. The van der Waals surface area contributed by atoms with Gasteiger partial charge in [0, 0.05) is 4.88 Å². The van der Waals surface area contributed by atoms with E-state index >= 15 is 0 Å². The molecule has 1 aromatic rings. The Kier molecular flexibility index (Phi) is 2.67. The lowest BCUT2D eigenvalue weighted by atomic mass is 10.1. The number of hydrogen-bond donors (Lipinski definition) is 0. The van der Waals surface area contributed by atoms with E-state index in [4.69, 9.17) is 6.42 Å². The van der Waals surface area contributed by atoms with Crippen LogP contribution >= 0.6 is 11.3 Å². The third-order valence-corrected chi connectivity index (χ3v) is 2.90. The van der Waals surface area contributed by atoms with Crippen molar-refractivity contribution in [3.63, 3.8) is 0 Å². The molecule has 1 unspecified atom stereocenters.